The van der Waals surface area contributed by atoms with E-state index in [0.717, 1.165) is 88.1 Å². The van der Waals surface area contributed by atoms with Gasteiger partial charge in [-0.25, -0.2) is 4.79 Å². The number of amides is 2. The Morgan fingerprint density at radius 2 is 1.55 bits per heavy atom. The van der Waals surface area contributed by atoms with Crippen molar-refractivity contribution in [2.75, 3.05) is 65.8 Å². The maximum absolute atomic E-state index is 12.7. The van der Waals surface area contributed by atoms with E-state index in [4.69, 9.17) is 4.74 Å². The minimum Gasteiger partial charge on any atom is -0.469 e. The summed E-state index contributed by atoms with van der Waals surface area (Å²) in [6, 6.07) is 17.7. The predicted molar refractivity (Wildman–Crippen MR) is 166 cm³/mol. The van der Waals surface area contributed by atoms with Crippen molar-refractivity contribution in [2.45, 2.75) is 57.5 Å². The number of hydrogen-bond acceptors (Lipinski definition) is 7. The average molecular weight is 581 g/mol. The molecule has 2 amide bonds. The van der Waals surface area contributed by atoms with Gasteiger partial charge in [-0.1, -0.05) is 55.0 Å². The molecule has 0 unspecified atom stereocenters. The summed E-state index contributed by atoms with van der Waals surface area (Å²) in [7, 11) is 5.36. The Kier molecular flexibility index (Phi) is 14.3. The van der Waals surface area contributed by atoms with E-state index < -0.39 is 6.09 Å². The molecule has 2 aromatic rings. The third kappa shape index (κ3) is 11.8. The summed E-state index contributed by atoms with van der Waals surface area (Å²) in [5.74, 6) is 0.0261. The molecule has 230 valence electrons. The highest BCUT2D eigenvalue weighted by Crippen LogP contribution is 2.28. The number of ether oxygens (including phenoxy) is 2. The Bertz CT molecular complexity index is 1100. The molecule has 0 saturated carbocycles. The molecule has 9 heteroatoms. The first-order valence-corrected chi connectivity index (χ1v) is 15.2. The van der Waals surface area contributed by atoms with E-state index in [1.165, 1.54) is 7.11 Å². The summed E-state index contributed by atoms with van der Waals surface area (Å²) in [6.45, 7) is 5.04. The van der Waals surface area contributed by atoms with Gasteiger partial charge in [0.05, 0.1) is 12.8 Å². The molecule has 1 aliphatic rings. The van der Waals surface area contributed by atoms with Gasteiger partial charge in [0.1, 0.15) is 6.10 Å². The summed E-state index contributed by atoms with van der Waals surface area (Å²) in [5.41, 5.74) is 2.73. The normalized spacial score (nSPS) is 14.0. The SMILES string of the molecule is COC(=O)CCCN(C)CCCCCC(=O)N(C)CCN1CCC(OC(=O)Nc2ccccc2-c2ccccc2)CC1. The number of benzene rings is 2. The fourth-order valence-corrected chi connectivity index (χ4v) is 5.15. The Labute approximate surface area is 251 Å². The lowest BCUT2D eigenvalue weighted by Crippen LogP contribution is -2.42. The molecule has 1 N–H and O–H groups in total. The first kappa shape index (κ1) is 33.1. The summed E-state index contributed by atoms with van der Waals surface area (Å²) in [6.07, 6.45) is 5.79. The number of hydrogen-bond donors (Lipinski definition) is 1. The van der Waals surface area contributed by atoms with Crippen molar-refractivity contribution in [1.82, 2.24) is 14.7 Å². The number of carbonyl (C=O) groups is 3. The molecule has 2 aromatic carbocycles. The highest BCUT2D eigenvalue weighted by molar-refractivity contribution is 5.91. The minimum atomic E-state index is -0.424. The molecular weight excluding hydrogens is 532 g/mol. The summed E-state index contributed by atoms with van der Waals surface area (Å²) < 4.78 is 10.4. The van der Waals surface area contributed by atoms with E-state index in [-0.39, 0.29) is 18.0 Å². The summed E-state index contributed by atoms with van der Waals surface area (Å²) in [4.78, 5) is 42.8. The zero-order chi connectivity index (χ0) is 30.2. The second-order valence-electron chi connectivity index (χ2n) is 11.1. The molecule has 1 fully saturated rings. The van der Waals surface area contributed by atoms with Crippen LogP contribution >= 0.6 is 0 Å². The Morgan fingerprint density at radius 3 is 2.29 bits per heavy atom. The molecule has 9 nitrogen and oxygen atoms in total. The van der Waals surface area contributed by atoms with Crippen LogP contribution in [0.2, 0.25) is 0 Å². The minimum absolute atomic E-state index is 0.114. The molecule has 0 bridgehead atoms. The Balaban J connectivity index is 1.26. The van der Waals surface area contributed by atoms with Crippen LogP contribution in [-0.2, 0) is 19.1 Å². The number of esters is 1. The van der Waals surface area contributed by atoms with Gasteiger partial charge in [-0.3, -0.25) is 14.9 Å². The lowest BCUT2D eigenvalue weighted by atomic mass is 10.0. The van der Waals surface area contributed by atoms with Crippen molar-refractivity contribution >= 4 is 23.7 Å². The van der Waals surface area contributed by atoms with Crippen LogP contribution in [-0.4, -0.2) is 99.2 Å². The highest BCUT2D eigenvalue weighted by atomic mass is 16.6. The largest absolute Gasteiger partial charge is 0.469 e. The number of likely N-dealkylation sites (N-methyl/N-ethyl adjacent to an activating group) is 1. The van der Waals surface area contributed by atoms with Crippen LogP contribution in [0.15, 0.2) is 54.6 Å². The lowest BCUT2D eigenvalue weighted by molar-refractivity contribution is -0.140. The number of methoxy groups -OCH3 is 1. The van der Waals surface area contributed by atoms with Crippen LogP contribution in [0.1, 0.15) is 51.4 Å². The number of unbranched alkanes of at least 4 members (excludes halogenated alkanes) is 2. The van der Waals surface area contributed by atoms with Crippen LogP contribution in [0.4, 0.5) is 10.5 Å². The topological polar surface area (TPSA) is 91.4 Å². The molecule has 1 saturated heterocycles. The smallest absolute Gasteiger partial charge is 0.411 e. The quantitative estimate of drug-likeness (QED) is 0.214. The molecule has 0 atom stereocenters. The van der Waals surface area contributed by atoms with Crippen LogP contribution in [0, 0.1) is 0 Å². The molecule has 0 radical (unpaired) electrons. The third-order valence-electron chi connectivity index (χ3n) is 7.81. The van der Waals surface area contributed by atoms with Gasteiger partial charge in [0.2, 0.25) is 5.91 Å². The second kappa shape index (κ2) is 18.2. The zero-order valence-corrected chi connectivity index (χ0v) is 25.6. The number of rotatable bonds is 16. The van der Waals surface area contributed by atoms with Crippen molar-refractivity contribution in [2.24, 2.45) is 0 Å². The molecule has 1 heterocycles. The van der Waals surface area contributed by atoms with Crippen LogP contribution in [0.25, 0.3) is 11.1 Å². The van der Waals surface area contributed by atoms with Crippen molar-refractivity contribution < 1.29 is 23.9 Å². The van der Waals surface area contributed by atoms with E-state index in [9.17, 15) is 14.4 Å². The van der Waals surface area contributed by atoms with Gasteiger partial charge in [-0.05, 0) is 63.9 Å². The van der Waals surface area contributed by atoms with Gasteiger partial charge < -0.3 is 24.2 Å². The van der Waals surface area contributed by atoms with Crippen molar-refractivity contribution in [3.05, 3.63) is 54.6 Å². The van der Waals surface area contributed by atoms with Gasteiger partial charge in [0.15, 0.2) is 0 Å². The van der Waals surface area contributed by atoms with Gasteiger partial charge in [-0.2, -0.15) is 0 Å². The van der Waals surface area contributed by atoms with E-state index in [1.807, 2.05) is 66.5 Å². The molecule has 0 spiro atoms. The van der Waals surface area contributed by atoms with E-state index >= 15 is 0 Å². The number of para-hydroxylation sites is 1. The molecule has 42 heavy (non-hydrogen) atoms. The molecule has 0 aliphatic carbocycles. The average Bonchev–Trinajstić information content (AvgIpc) is 3.00. The number of nitrogens with zero attached hydrogens (tertiary/aromatic N) is 3. The summed E-state index contributed by atoms with van der Waals surface area (Å²) in [5, 5.41) is 2.93. The van der Waals surface area contributed by atoms with Gasteiger partial charge in [0.25, 0.3) is 0 Å². The molecular formula is C33H48N4O5. The zero-order valence-electron chi connectivity index (χ0n) is 25.6. The highest BCUT2D eigenvalue weighted by Gasteiger charge is 2.23. The fraction of sp³-hybridized carbons (Fsp3) is 0.545. The maximum atomic E-state index is 12.7. The first-order chi connectivity index (χ1) is 20.4. The standard InChI is InChI=1S/C33H48N4O5/c1-35(22-12-18-32(39)41-3)21-11-5-8-17-31(38)36(2)25-26-37-23-19-28(20-24-37)42-33(40)34-30-16-10-9-15-29(30)27-13-6-4-7-14-27/h4,6-7,9-10,13-16,28H,5,8,11-12,17-26H2,1-3H3,(H,34,40). The number of anilines is 1. The Hall–Kier alpha value is -3.43. The number of nitrogens with one attached hydrogen (secondary N) is 1. The van der Waals surface area contributed by atoms with Gasteiger partial charge in [0, 0.05) is 51.6 Å². The van der Waals surface area contributed by atoms with E-state index in [1.54, 1.807) is 0 Å². The number of carbonyl (C=O) groups excluding carboxylic acids is 3. The van der Waals surface area contributed by atoms with Crippen molar-refractivity contribution in [3.63, 3.8) is 0 Å². The molecule has 1 aliphatic heterocycles. The number of likely N-dealkylation sites (tertiary alicyclic amines) is 1. The predicted octanol–water partition coefficient (Wildman–Crippen LogP) is 5.27. The third-order valence-corrected chi connectivity index (χ3v) is 7.81. The lowest BCUT2D eigenvalue weighted by Gasteiger charge is -2.32. The van der Waals surface area contributed by atoms with Crippen molar-refractivity contribution in [1.29, 1.82) is 0 Å². The second-order valence-corrected chi connectivity index (χ2v) is 11.1. The monoisotopic (exact) mass is 580 g/mol. The van der Waals surface area contributed by atoms with Crippen LogP contribution in [0.5, 0.6) is 0 Å². The van der Waals surface area contributed by atoms with Crippen LogP contribution in [0.3, 0.4) is 0 Å². The molecule has 3 rings (SSSR count). The number of piperidine rings is 1. The first-order valence-electron chi connectivity index (χ1n) is 15.2. The van der Waals surface area contributed by atoms with Gasteiger partial charge in [-0.15, -0.1) is 0 Å². The Morgan fingerprint density at radius 1 is 0.857 bits per heavy atom. The van der Waals surface area contributed by atoms with Crippen LogP contribution < -0.4 is 5.32 Å². The molecule has 0 aromatic heterocycles. The van der Waals surface area contributed by atoms with Gasteiger partial charge >= 0.3 is 12.1 Å². The van der Waals surface area contributed by atoms with E-state index in [2.05, 4.69) is 26.9 Å². The van der Waals surface area contributed by atoms with Crippen molar-refractivity contribution in [3.8, 4) is 11.1 Å². The van der Waals surface area contributed by atoms with E-state index in [0.29, 0.717) is 19.4 Å². The maximum Gasteiger partial charge on any atom is 0.411 e. The fourth-order valence-electron chi connectivity index (χ4n) is 5.15. The summed E-state index contributed by atoms with van der Waals surface area (Å²) >= 11 is 0.